The largest absolute Gasteiger partial charge is 0.454 e. The third-order valence-corrected chi connectivity index (χ3v) is 12.7. The third kappa shape index (κ3) is 21.8. The van der Waals surface area contributed by atoms with Gasteiger partial charge in [0.05, 0.1) is 19.8 Å². The third-order valence-electron chi connectivity index (χ3n) is 12.7. The molecule has 0 aromatic carbocycles. The van der Waals surface area contributed by atoms with E-state index in [0.29, 0.717) is 12.8 Å². The first-order valence-corrected chi connectivity index (χ1v) is 25.1. The summed E-state index contributed by atoms with van der Waals surface area (Å²) in [6.07, 6.45) is 14.5. The second-order valence-electron chi connectivity index (χ2n) is 18.1. The number of carbonyl (C=O) groups excluding carboxylic acids is 2. The Bertz CT molecular complexity index is 1160. The maximum Gasteiger partial charge on any atom is 0.306 e. The van der Waals surface area contributed by atoms with Crippen molar-refractivity contribution in [2.75, 3.05) is 26.9 Å². The van der Waals surface area contributed by atoms with Crippen LogP contribution in [-0.2, 0) is 47.5 Å². The molecule has 0 aliphatic carbocycles. The van der Waals surface area contributed by atoms with E-state index >= 15 is 0 Å². The molecule has 0 amide bonds. The van der Waals surface area contributed by atoms with Crippen molar-refractivity contribution < 1.29 is 73.0 Å². The van der Waals surface area contributed by atoms with E-state index in [4.69, 9.17) is 37.9 Å². The van der Waals surface area contributed by atoms with E-state index in [1.54, 1.807) is 0 Å². The molecule has 15 nitrogen and oxygen atoms in total. The first kappa shape index (κ1) is 55.8. The van der Waals surface area contributed by atoms with E-state index in [2.05, 4.69) is 13.8 Å². The lowest BCUT2D eigenvalue weighted by Crippen LogP contribution is -2.62. The summed E-state index contributed by atoms with van der Waals surface area (Å²) in [7, 11) is 1.41. The molecule has 3 saturated heterocycles. The van der Waals surface area contributed by atoms with Gasteiger partial charge in [-0.05, 0) is 12.8 Å². The number of esters is 2. The number of hydrogen-bond acceptors (Lipinski definition) is 15. The van der Waals surface area contributed by atoms with E-state index in [9.17, 15) is 35.1 Å². The Morgan fingerprint density at radius 2 is 0.778 bits per heavy atom. The maximum absolute atomic E-state index is 12.9. The molecule has 0 radical (unpaired) electrons. The van der Waals surface area contributed by atoms with Crippen LogP contribution >= 0.6 is 0 Å². The van der Waals surface area contributed by atoms with E-state index in [-0.39, 0.29) is 32.7 Å². The lowest BCUT2D eigenvalue weighted by atomic mass is 10.0. The summed E-state index contributed by atoms with van der Waals surface area (Å²) in [5, 5.41) is 54.6. The van der Waals surface area contributed by atoms with Gasteiger partial charge in [0.1, 0.15) is 42.7 Å². The number of unbranched alkanes of at least 4 members (excludes halogenated alkanes) is 24. The minimum atomic E-state index is -1.68. The highest BCUT2D eigenvalue weighted by atomic mass is 16.8. The van der Waals surface area contributed by atoms with Crippen LogP contribution in [-0.4, -0.2) is 138 Å². The van der Waals surface area contributed by atoms with Crippen LogP contribution in [0.2, 0.25) is 0 Å². The number of aliphatic hydroxyl groups is 5. The average Bonchev–Trinajstić information content (AvgIpc) is 3.27. The highest BCUT2D eigenvalue weighted by Gasteiger charge is 2.49. The Kier molecular flexibility index (Phi) is 30.0. The predicted octanol–water partition coefficient (Wildman–Crippen LogP) is 7.06. The summed E-state index contributed by atoms with van der Waals surface area (Å²) in [6.45, 7) is 3.77. The molecule has 63 heavy (non-hydrogen) atoms. The number of hydrogen-bond donors (Lipinski definition) is 5. The highest BCUT2D eigenvalue weighted by Crippen LogP contribution is 2.29. The molecule has 3 aliphatic heterocycles. The second kappa shape index (κ2) is 33.9. The number of aliphatic hydroxyl groups excluding tert-OH is 5. The molecule has 5 unspecified atom stereocenters. The van der Waals surface area contributed by atoms with Gasteiger partial charge < -0.3 is 63.4 Å². The lowest BCUT2D eigenvalue weighted by Gasteiger charge is -2.44. The van der Waals surface area contributed by atoms with E-state index < -0.39 is 85.7 Å². The van der Waals surface area contributed by atoms with Gasteiger partial charge in [-0.3, -0.25) is 9.59 Å². The van der Waals surface area contributed by atoms with Crippen molar-refractivity contribution in [2.45, 2.75) is 267 Å². The molecule has 15 heteroatoms. The smallest absolute Gasteiger partial charge is 0.306 e. The van der Waals surface area contributed by atoms with Gasteiger partial charge in [0.25, 0.3) is 0 Å². The topological polar surface area (TPSA) is 209 Å². The zero-order chi connectivity index (χ0) is 45.7. The zero-order valence-electron chi connectivity index (χ0n) is 39.2. The standard InChI is InChI=1S/C48H88O15/c1-4-6-8-10-12-14-16-18-20-22-24-26-28-30-38(49)62-44-42(53)37(33-57-46(44)55)60-47-43(54)40(51)36(34-58-47)61-48-45(41(52)35(56-3)32-59-48)63-39(50)31-29-27-25-23-21-19-17-15-13-11-9-7-5-2/h35-37,40-48,51-55H,4-34H2,1-3H3/t35-,36-,37-,40?,41?,42?,43+,44?,45?,46-,47+,48+/m1/s1. The van der Waals surface area contributed by atoms with Crippen molar-refractivity contribution in [3.8, 4) is 0 Å². The monoisotopic (exact) mass is 905 g/mol. The van der Waals surface area contributed by atoms with Gasteiger partial charge >= 0.3 is 11.9 Å². The SMILES string of the molecule is CCCCCCCCCCCCCCCC(=O)OC1C(O)[C@H](OC)CO[C@H]1O[C@@H]1CO[C@@H](O[C@@H]2CO[C@@H](O)C(OC(=O)CCCCCCCCCCCCCCC)C2O)[C@@H](O)C1O. The summed E-state index contributed by atoms with van der Waals surface area (Å²) in [4.78, 5) is 25.6. The van der Waals surface area contributed by atoms with Crippen molar-refractivity contribution in [2.24, 2.45) is 0 Å². The normalized spacial score (nSPS) is 30.0. The van der Waals surface area contributed by atoms with Crippen molar-refractivity contribution in [1.29, 1.82) is 0 Å². The first-order valence-electron chi connectivity index (χ1n) is 25.1. The van der Waals surface area contributed by atoms with Gasteiger partial charge in [-0.15, -0.1) is 0 Å². The van der Waals surface area contributed by atoms with Crippen LogP contribution in [0.5, 0.6) is 0 Å². The van der Waals surface area contributed by atoms with Crippen LogP contribution in [0.4, 0.5) is 0 Å². The van der Waals surface area contributed by atoms with Crippen molar-refractivity contribution in [1.82, 2.24) is 0 Å². The van der Waals surface area contributed by atoms with Crippen LogP contribution in [0.25, 0.3) is 0 Å². The Hall–Kier alpha value is -1.50. The molecule has 0 bridgehead atoms. The predicted molar refractivity (Wildman–Crippen MR) is 236 cm³/mol. The molecule has 12 atom stereocenters. The van der Waals surface area contributed by atoms with Gasteiger partial charge in [-0.2, -0.15) is 0 Å². The van der Waals surface area contributed by atoms with Gasteiger partial charge in [-0.25, -0.2) is 0 Å². The fraction of sp³-hybridized carbons (Fsp3) is 0.958. The lowest BCUT2D eigenvalue weighted by molar-refractivity contribution is -0.347. The Morgan fingerprint density at radius 3 is 1.24 bits per heavy atom. The molecule has 3 fully saturated rings. The number of carbonyl (C=O) groups is 2. The summed E-state index contributed by atoms with van der Waals surface area (Å²) in [6, 6.07) is 0. The van der Waals surface area contributed by atoms with Crippen LogP contribution in [0, 0.1) is 0 Å². The molecule has 0 aromatic rings. The van der Waals surface area contributed by atoms with E-state index in [1.807, 2.05) is 0 Å². The van der Waals surface area contributed by atoms with E-state index in [0.717, 1.165) is 38.5 Å². The van der Waals surface area contributed by atoms with Crippen molar-refractivity contribution in [3.63, 3.8) is 0 Å². The first-order chi connectivity index (χ1) is 30.6. The number of methoxy groups -OCH3 is 1. The van der Waals surface area contributed by atoms with Gasteiger partial charge in [0.2, 0.25) is 0 Å². The number of rotatable bonds is 35. The summed E-state index contributed by atoms with van der Waals surface area (Å²) < 4.78 is 45.0. The van der Waals surface area contributed by atoms with Crippen LogP contribution in [0.3, 0.4) is 0 Å². The second-order valence-corrected chi connectivity index (χ2v) is 18.1. The van der Waals surface area contributed by atoms with Gasteiger partial charge in [0, 0.05) is 20.0 Å². The summed E-state index contributed by atoms with van der Waals surface area (Å²) >= 11 is 0. The molecule has 370 valence electrons. The molecular formula is C48H88O15. The van der Waals surface area contributed by atoms with Gasteiger partial charge in [0.15, 0.2) is 31.1 Å². The number of ether oxygens (including phenoxy) is 8. The molecular weight excluding hydrogens is 817 g/mol. The molecule has 0 saturated carbocycles. The minimum Gasteiger partial charge on any atom is -0.454 e. The zero-order valence-corrected chi connectivity index (χ0v) is 39.2. The molecule has 0 spiro atoms. The van der Waals surface area contributed by atoms with Crippen LogP contribution in [0.15, 0.2) is 0 Å². The summed E-state index contributed by atoms with van der Waals surface area (Å²) in [5.41, 5.74) is 0. The Balaban J connectivity index is 1.36. The molecule has 3 rings (SSSR count). The maximum atomic E-state index is 12.9. The minimum absolute atomic E-state index is 0.0796. The van der Waals surface area contributed by atoms with Crippen LogP contribution in [0.1, 0.15) is 194 Å². The Labute approximate surface area is 378 Å². The molecule has 3 heterocycles. The molecule has 5 N–H and O–H groups in total. The average molecular weight is 905 g/mol. The van der Waals surface area contributed by atoms with E-state index in [1.165, 1.54) is 123 Å². The fourth-order valence-electron chi connectivity index (χ4n) is 8.57. The van der Waals surface area contributed by atoms with Crippen molar-refractivity contribution in [3.05, 3.63) is 0 Å². The van der Waals surface area contributed by atoms with Crippen LogP contribution < -0.4 is 0 Å². The fourth-order valence-corrected chi connectivity index (χ4v) is 8.57. The van der Waals surface area contributed by atoms with Crippen molar-refractivity contribution >= 4 is 11.9 Å². The molecule has 3 aliphatic rings. The van der Waals surface area contributed by atoms with Gasteiger partial charge in [-0.1, -0.05) is 168 Å². The molecule has 0 aromatic heterocycles. The Morgan fingerprint density at radius 1 is 0.429 bits per heavy atom. The summed E-state index contributed by atoms with van der Waals surface area (Å²) in [5.74, 6) is -1.10. The highest BCUT2D eigenvalue weighted by molar-refractivity contribution is 5.70. The quantitative estimate of drug-likeness (QED) is 0.0319.